The molecule has 1 aromatic rings. The number of nitrogens with one attached hydrogen (secondary N) is 1. The summed E-state index contributed by atoms with van der Waals surface area (Å²) >= 11 is 5.88. The molecule has 1 saturated carbocycles. The number of piperidine rings is 1. The SMILES string of the molecule is C[C@@H]1C[C@H](C)CN([C@H]2CCCC[C@H]2NS(=O)(=O)c2ccc(Cl)cc2)C1. The summed E-state index contributed by atoms with van der Waals surface area (Å²) in [6.45, 7) is 6.76. The fourth-order valence-electron chi connectivity index (χ4n) is 4.55. The molecule has 4 atom stereocenters. The van der Waals surface area contributed by atoms with Gasteiger partial charge in [-0.15, -0.1) is 0 Å². The summed E-state index contributed by atoms with van der Waals surface area (Å²) < 4.78 is 28.6. The number of hydrogen-bond acceptors (Lipinski definition) is 3. The van der Waals surface area contributed by atoms with Gasteiger partial charge in [-0.2, -0.15) is 0 Å². The van der Waals surface area contributed by atoms with Gasteiger partial charge in [-0.05, 0) is 55.4 Å². The van der Waals surface area contributed by atoms with Gasteiger partial charge in [0.25, 0.3) is 0 Å². The number of nitrogens with zero attached hydrogens (tertiary/aromatic N) is 1. The predicted octanol–water partition coefficient (Wildman–Crippen LogP) is 3.91. The third kappa shape index (κ3) is 4.76. The van der Waals surface area contributed by atoms with E-state index in [1.807, 2.05) is 0 Å². The molecule has 2 aliphatic rings. The predicted molar refractivity (Wildman–Crippen MR) is 102 cm³/mol. The maximum atomic E-state index is 12.8. The third-order valence-corrected chi connectivity index (χ3v) is 7.28. The molecule has 1 aliphatic carbocycles. The lowest BCUT2D eigenvalue weighted by Crippen LogP contribution is -2.56. The van der Waals surface area contributed by atoms with Crippen LogP contribution in [0.2, 0.25) is 5.02 Å². The highest BCUT2D eigenvalue weighted by Crippen LogP contribution is 2.30. The van der Waals surface area contributed by atoms with Gasteiger partial charge in [0.05, 0.1) is 4.90 Å². The molecule has 2 fully saturated rings. The molecule has 4 nitrogen and oxygen atoms in total. The number of sulfonamides is 1. The van der Waals surface area contributed by atoms with Crippen LogP contribution in [0, 0.1) is 11.8 Å². The van der Waals surface area contributed by atoms with Gasteiger partial charge in [-0.25, -0.2) is 13.1 Å². The summed E-state index contributed by atoms with van der Waals surface area (Å²) in [5.41, 5.74) is 0. The lowest BCUT2D eigenvalue weighted by Gasteiger charge is -2.45. The molecule has 0 spiro atoms. The number of hydrogen-bond donors (Lipinski definition) is 1. The van der Waals surface area contributed by atoms with E-state index in [-0.39, 0.29) is 6.04 Å². The normalized spacial score (nSPS) is 31.8. The first kappa shape index (κ1) is 19.2. The van der Waals surface area contributed by atoms with Crippen molar-refractivity contribution in [3.05, 3.63) is 29.3 Å². The molecule has 0 bridgehead atoms. The zero-order valence-electron chi connectivity index (χ0n) is 15.1. The minimum atomic E-state index is -3.51. The van der Waals surface area contributed by atoms with Crippen molar-refractivity contribution in [2.24, 2.45) is 11.8 Å². The van der Waals surface area contributed by atoms with Gasteiger partial charge >= 0.3 is 0 Å². The van der Waals surface area contributed by atoms with E-state index in [0.717, 1.165) is 32.4 Å². The van der Waals surface area contributed by atoms with Crippen LogP contribution >= 0.6 is 11.6 Å². The van der Waals surface area contributed by atoms with Crippen molar-refractivity contribution in [3.8, 4) is 0 Å². The Morgan fingerprint density at radius 2 is 1.64 bits per heavy atom. The molecule has 25 heavy (non-hydrogen) atoms. The van der Waals surface area contributed by atoms with E-state index in [1.54, 1.807) is 24.3 Å². The lowest BCUT2D eigenvalue weighted by atomic mass is 9.85. The summed E-state index contributed by atoms with van der Waals surface area (Å²) in [6.07, 6.45) is 5.53. The average molecular weight is 385 g/mol. The van der Waals surface area contributed by atoms with Gasteiger partial charge in [0.15, 0.2) is 0 Å². The van der Waals surface area contributed by atoms with Gasteiger partial charge < -0.3 is 0 Å². The maximum absolute atomic E-state index is 12.8. The highest BCUT2D eigenvalue weighted by atomic mass is 35.5. The number of benzene rings is 1. The Bertz CT molecular complexity index is 667. The third-order valence-electron chi connectivity index (χ3n) is 5.53. The molecule has 3 rings (SSSR count). The highest BCUT2D eigenvalue weighted by Gasteiger charge is 2.36. The molecule has 6 heteroatoms. The van der Waals surface area contributed by atoms with Crippen molar-refractivity contribution < 1.29 is 8.42 Å². The molecule has 1 saturated heterocycles. The molecule has 140 valence electrons. The zero-order chi connectivity index (χ0) is 18.0. The van der Waals surface area contributed by atoms with Crippen molar-refractivity contribution in [1.82, 2.24) is 9.62 Å². The summed E-state index contributed by atoms with van der Waals surface area (Å²) in [6, 6.07) is 6.71. The summed E-state index contributed by atoms with van der Waals surface area (Å²) in [5, 5.41) is 0.547. The zero-order valence-corrected chi connectivity index (χ0v) is 16.7. The minimum absolute atomic E-state index is 0.00747. The van der Waals surface area contributed by atoms with Crippen molar-refractivity contribution in [3.63, 3.8) is 0 Å². The number of rotatable bonds is 4. The summed E-state index contributed by atoms with van der Waals surface area (Å²) in [5.74, 6) is 1.36. The average Bonchev–Trinajstić information content (AvgIpc) is 2.54. The Balaban J connectivity index is 1.75. The Hall–Kier alpha value is -0.620. The first-order chi connectivity index (χ1) is 11.8. The van der Waals surface area contributed by atoms with Gasteiger partial charge in [-0.1, -0.05) is 38.3 Å². The Morgan fingerprint density at radius 1 is 1.04 bits per heavy atom. The Kier molecular flexibility index (Phi) is 6.09. The van der Waals surface area contributed by atoms with Crippen molar-refractivity contribution >= 4 is 21.6 Å². The van der Waals surface area contributed by atoms with Crippen molar-refractivity contribution in [2.75, 3.05) is 13.1 Å². The van der Waals surface area contributed by atoms with Gasteiger partial charge in [-0.3, -0.25) is 4.90 Å². The second-order valence-electron chi connectivity index (χ2n) is 7.93. The molecule has 1 heterocycles. The van der Waals surface area contributed by atoms with Crippen LogP contribution in [-0.4, -0.2) is 38.5 Å². The van der Waals surface area contributed by atoms with Crippen LogP contribution in [0.4, 0.5) is 0 Å². The van der Waals surface area contributed by atoms with Gasteiger partial charge in [0, 0.05) is 30.2 Å². The molecule has 1 aromatic carbocycles. The largest absolute Gasteiger partial charge is 0.298 e. The molecule has 0 aromatic heterocycles. The highest BCUT2D eigenvalue weighted by molar-refractivity contribution is 7.89. The van der Waals surface area contributed by atoms with Crippen molar-refractivity contribution in [1.29, 1.82) is 0 Å². The van der Waals surface area contributed by atoms with Crippen LogP contribution in [0.25, 0.3) is 0 Å². The van der Waals surface area contributed by atoms with Gasteiger partial charge in [0.1, 0.15) is 0 Å². The Labute approximate surface area is 157 Å². The smallest absolute Gasteiger partial charge is 0.240 e. The van der Waals surface area contributed by atoms with E-state index in [2.05, 4.69) is 23.5 Å². The molecule has 0 radical (unpaired) electrons. The van der Waals surface area contributed by atoms with E-state index in [0.29, 0.717) is 27.8 Å². The summed E-state index contributed by atoms with van der Waals surface area (Å²) in [4.78, 5) is 2.83. The van der Waals surface area contributed by atoms with Crippen molar-refractivity contribution in [2.45, 2.75) is 62.9 Å². The van der Waals surface area contributed by atoms with Crippen LogP contribution < -0.4 is 4.72 Å². The quantitative estimate of drug-likeness (QED) is 0.856. The molecule has 1 aliphatic heterocycles. The molecular formula is C19H29ClN2O2S. The van der Waals surface area contributed by atoms with Crippen LogP contribution in [0.5, 0.6) is 0 Å². The topological polar surface area (TPSA) is 49.4 Å². The van der Waals surface area contributed by atoms with Crippen LogP contribution in [-0.2, 0) is 10.0 Å². The lowest BCUT2D eigenvalue weighted by molar-refractivity contribution is 0.0618. The Morgan fingerprint density at radius 3 is 2.28 bits per heavy atom. The second-order valence-corrected chi connectivity index (χ2v) is 10.1. The second kappa shape index (κ2) is 7.95. The van der Waals surface area contributed by atoms with E-state index in [9.17, 15) is 8.42 Å². The number of halogens is 1. The van der Waals surface area contributed by atoms with E-state index in [1.165, 1.54) is 12.8 Å². The van der Waals surface area contributed by atoms with Crippen LogP contribution in [0.15, 0.2) is 29.2 Å². The monoisotopic (exact) mass is 384 g/mol. The standard InChI is InChI=1S/C19H29ClN2O2S/c1-14-11-15(2)13-22(12-14)19-6-4-3-5-18(19)21-25(23,24)17-9-7-16(20)8-10-17/h7-10,14-15,18-19,21H,3-6,11-13H2,1-2H3/t14-,15+,18-,19+/m1/s1. The fourth-order valence-corrected chi connectivity index (χ4v) is 5.98. The first-order valence-corrected chi connectivity index (χ1v) is 11.2. The number of likely N-dealkylation sites (tertiary alicyclic amines) is 1. The molecule has 1 N–H and O–H groups in total. The molecule has 0 amide bonds. The van der Waals surface area contributed by atoms with E-state index >= 15 is 0 Å². The maximum Gasteiger partial charge on any atom is 0.240 e. The molecular weight excluding hydrogens is 356 g/mol. The summed E-state index contributed by atoms with van der Waals surface area (Å²) in [7, 11) is -3.51. The van der Waals surface area contributed by atoms with Crippen LogP contribution in [0.1, 0.15) is 46.0 Å². The molecule has 0 unspecified atom stereocenters. The van der Waals surface area contributed by atoms with Gasteiger partial charge in [0.2, 0.25) is 10.0 Å². The fraction of sp³-hybridized carbons (Fsp3) is 0.684. The first-order valence-electron chi connectivity index (χ1n) is 9.37. The minimum Gasteiger partial charge on any atom is -0.298 e. The van der Waals surface area contributed by atoms with E-state index < -0.39 is 10.0 Å². The van der Waals surface area contributed by atoms with Crippen LogP contribution in [0.3, 0.4) is 0 Å². The van der Waals surface area contributed by atoms with E-state index in [4.69, 9.17) is 11.6 Å².